The van der Waals surface area contributed by atoms with Crippen LogP contribution in [-0.4, -0.2) is 65.5 Å². The predicted molar refractivity (Wildman–Crippen MR) is 117 cm³/mol. The topological polar surface area (TPSA) is 33.5 Å². The van der Waals surface area contributed by atoms with Gasteiger partial charge in [0.25, 0.3) is 0 Å². The Balaban J connectivity index is 1.34. The monoisotopic (exact) mass is 396 g/mol. The number of nitrogens with zero attached hydrogens (tertiary/aromatic N) is 4. The summed E-state index contributed by atoms with van der Waals surface area (Å²) in [5.41, 5.74) is 4.44. The van der Waals surface area contributed by atoms with E-state index in [0.717, 1.165) is 38.7 Å². The van der Waals surface area contributed by atoms with Crippen molar-refractivity contribution in [1.82, 2.24) is 19.6 Å². The van der Waals surface area contributed by atoms with Crippen molar-refractivity contribution >= 4 is 0 Å². The Labute approximate surface area is 175 Å². The van der Waals surface area contributed by atoms with Crippen LogP contribution in [0.3, 0.4) is 0 Å². The number of rotatable bonds is 9. The SMILES string of the molecule is CCn1cc(CN(CCOC)C[C@@H]2CCCN(C3Cc4ccccc4C3)C2)cn1. The molecule has 0 bridgehead atoms. The number of hydrogen-bond acceptors (Lipinski definition) is 4. The first-order valence-electron chi connectivity index (χ1n) is 11.3. The van der Waals surface area contributed by atoms with Crippen molar-refractivity contribution in [2.75, 3.05) is 39.9 Å². The van der Waals surface area contributed by atoms with Crippen LogP contribution in [0.4, 0.5) is 0 Å². The number of likely N-dealkylation sites (tertiary alicyclic amines) is 1. The van der Waals surface area contributed by atoms with Crippen LogP contribution in [0, 0.1) is 5.92 Å². The van der Waals surface area contributed by atoms with Crippen LogP contribution in [0.15, 0.2) is 36.7 Å². The van der Waals surface area contributed by atoms with Crippen LogP contribution in [0.25, 0.3) is 0 Å². The average Bonchev–Trinajstić information content (AvgIpc) is 3.39. The van der Waals surface area contributed by atoms with Gasteiger partial charge in [0.1, 0.15) is 0 Å². The Morgan fingerprint density at radius 2 is 2.00 bits per heavy atom. The molecule has 158 valence electrons. The Kier molecular flexibility index (Phi) is 7.01. The lowest BCUT2D eigenvalue weighted by molar-refractivity contribution is 0.0843. The minimum Gasteiger partial charge on any atom is -0.383 e. The lowest BCUT2D eigenvalue weighted by Gasteiger charge is -2.38. The zero-order chi connectivity index (χ0) is 20.1. The summed E-state index contributed by atoms with van der Waals surface area (Å²) in [5.74, 6) is 0.741. The van der Waals surface area contributed by atoms with E-state index in [1.165, 1.54) is 44.3 Å². The van der Waals surface area contributed by atoms with E-state index >= 15 is 0 Å². The third-order valence-corrected chi connectivity index (χ3v) is 6.64. The van der Waals surface area contributed by atoms with Crippen LogP contribution >= 0.6 is 0 Å². The van der Waals surface area contributed by atoms with Crippen molar-refractivity contribution in [3.8, 4) is 0 Å². The average molecular weight is 397 g/mol. The van der Waals surface area contributed by atoms with Crippen molar-refractivity contribution in [3.05, 3.63) is 53.3 Å². The van der Waals surface area contributed by atoms with Gasteiger partial charge in [0.15, 0.2) is 0 Å². The zero-order valence-electron chi connectivity index (χ0n) is 18.1. The summed E-state index contributed by atoms with van der Waals surface area (Å²) in [6.45, 7) is 9.45. The van der Waals surface area contributed by atoms with E-state index in [4.69, 9.17) is 4.74 Å². The largest absolute Gasteiger partial charge is 0.383 e. The highest BCUT2D eigenvalue weighted by molar-refractivity contribution is 5.33. The Bertz CT molecular complexity index is 749. The second-order valence-electron chi connectivity index (χ2n) is 8.77. The Morgan fingerprint density at radius 3 is 2.69 bits per heavy atom. The van der Waals surface area contributed by atoms with Crippen molar-refractivity contribution in [3.63, 3.8) is 0 Å². The number of hydrogen-bond donors (Lipinski definition) is 0. The van der Waals surface area contributed by atoms with Crippen molar-refractivity contribution in [2.45, 2.75) is 51.7 Å². The van der Waals surface area contributed by atoms with Crippen molar-refractivity contribution < 1.29 is 4.74 Å². The lowest BCUT2D eigenvalue weighted by atomic mass is 9.95. The van der Waals surface area contributed by atoms with Gasteiger partial charge >= 0.3 is 0 Å². The molecule has 0 saturated carbocycles. The van der Waals surface area contributed by atoms with Gasteiger partial charge in [-0.25, -0.2) is 0 Å². The van der Waals surface area contributed by atoms with E-state index in [2.05, 4.69) is 52.3 Å². The number of piperidine rings is 1. The van der Waals surface area contributed by atoms with E-state index in [-0.39, 0.29) is 0 Å². The van der Waals surface area contributed by atoms with Crippen molar-refractivity contribution in [1.29, 1.82) is 0 Å². The lowest BCUT2D eigenvalue weighted by Crippen LogP contribution is -2.46. The molecule has 2 aliphatic rings. The summed E-state index contributed by atoms with van der Waals surface area (Å²) in [4.78, 5) is 5.34. The number of ether oxygens (including phenoxy) is 1. The number of aryl methyl sites for hydroxylation is 1. The minimum absolute atomic E-state index is 0.699. The number of aromatic nitrogens is 2. The van der Waals surface area contributed by atoms with Gasteiger partial charge in [-0.05, 0) is 56.2 Å². The van der Waals surface area contributed by atoms with Gasteiger partial charge in [0.05, 0.1) is 12.8 Å². The van der Waals surface area contributed by atoms with Crippen LogP contribution in [0.5, 0.6) is 0 Å². The molecule has 1 aliphatic carbocycles. The maximum Gasteiger partial charge on any atom is 0.0589 e. The van der Waals surface area contributed by atoms with Gasteiger partial charge in [0, 0.05) is 57.6 Å². The molecule has 5 heteroatoms. The van der Waals surface area contributed by atoms with Gasteiger partial charge < -0.3 is 4.74 Å². The molecule has 2 heterocycles. The molecule has 0 N–H and O–H groups in total. The predicted octanol–water partition coefficient (Wildman–Crippen LogP) is 3.23. The molecule has 0 radical (unpaired) electrons. The summed E-state index contributed by atoms with van der Waals surface area (Å²) in [7, 11) is 1.80. The fourth-order valence-electron chi connectivity index (χ4n) is 5.11. The summed E-state index contributed by atoms with van der Waals surface area (Å²) >= 11 is 0. The first kappa shape index (κ1) is 20.6. The first-order valence-corrected chi connectivity index (χ1v) is 11.3. The molecule has 1 aliphatic heterocycles. The summed E-state index contributed by atoms with van der Waals surface area (Å²) in [6.07, 6.45) is 9.32. The number of methoxy groups -OCH3 is 1. The fourth-order valence-corrected chi connectivity index (χ4v) is 5.11. The minimum atomic E-state index is 0.699. The second-order valence-corrected chi connectivity index (χ2v) is 8.77. The van der Waals surface area contributed by atoms with E-state index < -0.39 is 0 Å². The maximum atomic E-state index is 5.39. The molecular weight excluding hydrogens is 360 g/mol. The van der Waals surface area contributed by atoms with Crippen LogP contribution in [0.1, 0.15) is 36.5 Å². The normalized spacial score (nSPS) is 20.4. The van der Waals surface area contributed by atoms with E-state index in [1.807, 2.05) is 10.9 Å². The molecule has 1 saturated heterocycles. The molecule has 2 aromatic rings. The summed E-state index contributed by atoms with van der Waals surface area (Å²) in [5, 5.41) is 4.45. The molecule has 1 aromatic heterocycles. The highest BCUT2D eigenvalue weighted by Gasteiger charge is 2.31. The van der Waals surface area contributed by atoms with E-state index in [1.54, 1.807) is 18.2 Å². The molecule has 0 spiro atoms. The van der Waals surface area contributed by atoms with Crippen LogP contribution in [0.2, 0.25) is 0 Å². The molecule has 0 unspecified atom stereocenters. The van der Waals surface area contributed by atoms with Crippen LogP contribution in [-0.2, 0) is 30.7 Å². The molecular formula is C24H36N4O. The fraction of sp³-hybridized carbons (Fsp3) is 0.625. The van der Waals surface area contributed by atoms with E-state index in [0.29, 0.717) is 6.04 Å². The van der Waals surface area contributed by atoms with Gasteiger partial charge in [0.2, 0.25) is 0 Å². The zero-order valence-corrected chi connectivity index (χ0v) is 18.1. The Morgan fingerprint density at radius 1 is 1.21 bits per heavy atom. The van der Waals surface area contributed by atoms with E-state index in [9.17, 15) is 0 Å². The standard InChI is InChI=1S/C24H36N4O/c1-3-28-19-21(15-25-28)17-26(11-12-29-2)16-20-7-6-10-27(18-20)24-13-22-8-4-5-9-23(22)14-24/h4-5,8-9,15,19-20,24H,3,6-7,10-14,16-18H2,1-2H3/t20-/m0/s1. The molecule has 29 heavy (non-hydrogen) atoms. The molecule has 5 nitrogen and oxygen atoms in total. The highest BCUT2D eigenvalue weighted by Crippen LogP contribution is 2.29. The number of benzene rings is 1. The first-order chi connectivity index (χ1) is 14.2. The molecule has 4 rings (SSSR count). The molecule has 1 aromatic carbocycles. The van der Waals surface area contributed by atoms with Crippen molar-refractivity contribution in [2.24, 2.45) is 5.92 Å². The Hall–Kier alpha value is -1.69. The maximum absolute atomic E-state index is 5.39. The van der Waals surface area contributed by atoms with Gasteiger partial charge in [-0.15, -0.1) is 0 Å². The molecule has 0 amide bonds. The summed E-state index contributed by atoms with van der Waals surface area (Å²) < 4.78 is 7.41. The molecule has 1 fully saturated rings. The number of fused-ring (bicyclic) bond motifs is 1. The van der Waals surface area contributed by atoms with Gasteiger partial charge in [-0.2, -0.15) is 5.10 Å². The molecule has 1 atom stereocenters. The summed E-state index contributed by atoms with van der Waals surface area (Å²) in [6, 6.07) is 9.72. The quantitative estimate of drug-likeness (QED) is 0.652. The van der Waals surface area contributed by atoms with Gasteiger partial charge in [-0.1, -0.05) is 24.3 Å². The highest BCUT2D eigenvalue weighted by atomic mass is 16.5. The third-order valence-electron chi connectivity index (χ3n) is 6.64. The second kappa shape index (κ2) is 9.88. The van der Waals surface area contributed by atoms with Gasteiger partial charge in [-0.3, -0.25) is 14.5 Å². The smallest absolute Gasteiger partial charge is 0.0589 e. The van der Waals surface area contributed by atoms with Crippen LogP contribution < -0.4 is 0 Å². The third kappa shape index (κ3) is 5.27.